The highest BCUT2D eigenvalue weighted by atomic mass is 32.2. The van der Waals surface area contributed by atoms with E-state index in [9.17, 15) is 13.2 Å². The van der Waals surface area contributed by atoms with Crippen LogP contribution in [0.15, 0.2) is 47.4 Å². The molecule has 0 heterocycles. The molecule has 5 nitrogen and oxygen atoms in total. The average Bonchev–Trinajstić information content (AvgIpc) is 2.95. The SMILES string of the molecule is COC(=O)Cc1ccc2c(c1)CC(NS(=O)(=O)c1ccc(C)cc1)C2. The first kappa shape index (κ1) is 17.6. The lowest BCUT2D eigenvalue weighted by atomic mass is 10.0. The number of fused-ring (bicyclic) bond motifs is 1. The van der Waals surface area contributed by atoms with E-state index in [-0.39, 0.29) is 23.3 Å². The van der Waals surface area contributed by atoms with Crippen molar-refractivity contribution in [1.82, 2.24) is 4.72 Å². The Kier molecular flexibility index (Phi) is 4.92. The lowest BCUT2D eigenvalue weighted by Crippen LogP contribution is -2.35. The van der Waals surface area contributed by atoms with Crippen molar-refractivity contribution >= 4 is 16.0 Å². The number of benzene rings is 2. The monoisotopic (exact) mass is 359 g/mol. The summed E-state index contributed by atoms with van der Waals surface area (Å²) in [4.78, 5) is 11.7. The van der Waals surface area contributed by atoms with Crippen LogP contribution in [0.4, 0.5) is 0 Å². The van der Waals surface area contributed by atoms with E-state index in [2.05, 4.69) is 9.46 Å². The van der Waals surface area contributed by atoms with Gasteiger partial charge in [-0.25, -0.2) is 13.1 Å². The maximum absolute atomic E-state index is 12.5. The van der Waals surface area contributed by atoms with Crippen LogP contribution < -0.4 is 4.72 Å². The van der Waals surface area contributed by atoms with Gasteiger partial charge >= 0.3 is 5.97 Å². The second-order valence-corrected chi connectivity index (χ2v) is 8.11. The fraction of sp³-hybridized carbons (Fsp3) is 0.316. The molecule has 25 heavy (non-hydrogen) atoms. The smallest absolute Gasteiger partial charge is 0.309 e. The first-order valence-electron chi connectivity index (χ1n) is 8.14. The molecular formula is C19H21NO4S. The van der Waals surface area contributed by atoms with Crippen LogP contribution in [-0.4, -0.2) is 27.5 Å². The summed E-state index contributed by atoms with van der Waals surface area (Å²) in [6.07, 6.45) is 1.50. The van der Waals surface area contributed by atoms with Gasteiger partial charge in [-0.3, -0.25) is 4.79 Å². The first-order valence-corrected chi connectivity index (χ1v) is 9.62. The average molecular weight is 359 g/mol. The summed E-state index contributed by atoms with van der Waals surface area (Å²) in [7, 11) is -2.17. The summed E-state index contributed by atoms with van der Waals surface area (Å²) in [6.45, 7) is 1.92. The Morgan fingerprint density at radius 2 is 1.80 bits per heavy atom. The van der Waals surface area contributed by atoms with Crippen LogP contribution in [0.5, 0.6) is 0 Å². The van der Waals surface area contributed by atoms with Crippen LogP contribution in [0.3, 0.4) is 0 Å². The molecule has 1 unspecified atom stereocenters. The van der Waals surface area contributed by atoms with Gasteiger partial charge in [0.1, 0.15) is 0 Å². The molecule has 0 saturated heterocycles. The number of esters is 1. The third kappa shape index (κ3) is 4.08. The molecular weight excluding hydrogens is 338 g/mol. The molecule has 0 spiro atoms. The second kappa shape index (κ2) is 6.98. The zero-order valence-corrected chi connectivity index (χ0v) is 15.1. The van der Waals surface area contributed by atoms with Gasteiger partial charge in [-0.05, 0) is 48.6 Å². The van der Waals surface area contributed by atoms with Crippen molar-refractivity contribution in [3.05, 3.63) is 64.7 Å². The van der Waals surface area contributed by atoms with Gasteiger partial charge in [-0.2, -0.15) is 0 Å². The lowest BCUT2D eigenvalue weighted by Gasteiger charge is -2.12. The van der Waals surface area contributed by atoms with Gasteiger partial charge in [0.25, 0.3) is 0 Å². The standard InChI is InChI=1S/C19H21NO4S/c1-13-3-7-18(8-4-13)25(22,23)20-17-11-15-6-5-14(9-16(15)12-17)10-19(21)24-2/h3-9,17,20H,10-12H2,1-2H3. The van der Waals surface area contributed by atoms with E-state index in [0.29, 0.717) is 12.8 Å². The maximum atomic E-state index is 12.5. The number of nitrogens with one attached hydrogen (secondary N) is 1. The van der Waals surface area contributed by atoms with Crippen LogP contribution in [0.1, 0.15) is 22.3 Å². The van der Waals surface area contributed by atoms with Crippen molar-refractivity contribution in [3.63, 3.8) is 0 Å². The minimum Gasteiger partial charge on any atom is -0.469 e. The van der Waals surface area contributed by atoms with Crippen molar-refractivity contribution in [1.29, 1.82) is 0 Å². The summed E-state index contributed by atoms with van der Waals surface area (Å²) in [6, 6.07) is 12.5. The van der Waals surface area contributed by atoms with Gasteiger partial charge in [0.15, 0.2) is 0 Å². The molecule has 0 amide bonds. The largest absolute Gasteiger partial charge is 0.469 e. The van der Waals surface area contributed by atoms with Crippen molar-refractivity contribution < 1.29 is 17.9 Å². The second-order valence-electron chi connectivity index (χ2n) is 6.40. The molecule has 132 valence electrons. The molecule has 3 rings (SSSR count). The van der Waals surface area contributed by atoms with E-state index in [1.54, 1.807) is 24.3 Å². The fourth-order valence-electron chi connectivity index (χ4n) is 3.11. The maximum Gasteiger partial charge on any atom is 0.309 e. The minimum absolute atomic E-state index is 0.172. The van der Waals surface area contributed by atoms with Crippen molar-refractivity contribution in [3.8, 4) is 0 Å². The summed E-state index contributed by atoms with van der Waals surface area (Å²) in [5, 5.41) is 0. The van der Waals surface area contributed by atoms with Gasteiger partial charge in [0.2, 0.25) is 10.0 Å². The Bertz CT molecular complexity index is 888. The summed E-state index contributed by atoms with van der Waals surface area (Å²) in [5.41, 5.74) is 4.10. The predicted octanol–water partition coefficient (Wildman–Crippen LogP) is 2.16. The summed E-state index contributed by atoms with van der Waals surface area (Å²) in [5.74, 6) is -0.283. The number of hydrogen-bond acceptors (Lipinski definition) is 4. The Balaban J connectivity index is 1.71. The van der Waals surface area contributed by atoms with E-state index in [0.717, 1.165) is 22.3 Å². The molecule has 1 aliphatic carbocycles. The molecule has 1 aliphatic rings. The molecule has 1 N–H and O–H groups in total. The topological polar surface area (TPSA) is 72.5 Å². The number of methoxy groups -OCH3 is 1. The van der Waals surface area contributed by atoms with Crippen molar-refractivity contribution in [2.45, 2.75) is 37.1 Å². The van der Waals surface area contributed by atoms with Crippen LogP contribution in [-0.2, 0) is 38.8 Å². The predicted molar refractivity (Wildman–Crippen MR) is 94.9 cm³/mol. The number of rotatable bonds is 5. The van der Waals surface area contributed by atoms with Gasteiger partial charge in [-0.1, -0.05) is 35.9 Å². The minimum atomic E-state index is -3.54. The normalized spacial score (nSPS) is 16.5. The van der Waals surface area contributed by atoms with Crippen molar-refractivity contribution in [2.75, 3.05) is 7.11 Å². The Labute approximate surface area is 148 Å². The van der Waals surface area contributed by atoms with Gasteiger partial charge in [0.05, 0.1) is 18.4 Å². The number of carbonyl (C=O) groups excluding carboxylic acids is 1. The molecule has 2 aromatic carbocycles. The fourth-order valence-corrected chi connectivity index (χ4v) is 4.34. The zero-order valence-electron chi connectivity index (χ0n) is 14.3. The summed E-state index contributed by atoms with van der Waals surface area (Å²) >= 11 is 0. The van der Waals surface area contributed by atoms with Crippen LogP contribution in [0.25, 0.3) is 0 Å². The Morgan fingerprint density at radius 1 is 1.12 bits per heavy atom. The number of hydrogen-bond donors (Lipinski definition) is 1. The number of ether oxygens (including phenoxy) is 1. The molecule has 0 bridgehead atoms. The first-order chi connectivity index (χ1) is 11.9. The number of sulfonamides is 1. The van der Waals surface area contributed by atoms with E-state index in [1.807, 2.05) is 25.1 Å². The molecule has 0 saturated carbocycles. The van der Waals surface area contributed by atoms with Crippen LogP contribution in [0.2, 0.25) is 0 Å². The third-order valence-electron chi connectivity index (χ3n) is 4.43. The Morgan fingerprint density at radius 3 is 2.48 bits per heavy atom. The van der Waals surface area contributed by atoms with Gasteiger partial charge in [0, 0.05) is 6.04 Å². The number of carbonyl (C=O) groups is 1. The van der Waals surface area contributed by atoms with Gasteiger partial charge in [-0.15, -0.1) is 0 Å². The zero-order chi connectivity index (χ0) is 18.0. The van der Waals surface area contributed by atoms with Crippen LogP contribution >= 0.6 is 0 Å². The molecule has 1 atom stereocenters. The van der Waals surface area contributed by atoms with Crippen LogP contribution in [0, 0.1) is 6.92 Å². The highest BCUT2D eigenvalue weighted by Gasteiger charge is 2.26. The lowest BCUT2D eigenvalue weighted by molar-refractivity contribution is -0.139. The molecule has 0 aromatic heterocycles. The van der Waals surface area contributed by atoms with Crippen molar-refractivity contribution in [2.24, 2.45) is 0 Å². The highest BCUT2D eigenvalue weighted by Crippen LogP contribution is 2.25. The van der Waals surface area contributed by atoms with Gasteiger partial charge < -0.3 is 4.74 Å². The van der Waals surface area contributed by atoms with E-state index >= 15 is 0 Å². The van der Waals surface area contributed by atoms with E-state index < -0.39 is 10.0 Å². The molecule has 0 aliphatic heterocycles. The highest BCUT2D eigenvalue weighted by molar-refractivity contribution is 7.89. The molecule has 0 fully saturated rings. The molecule has 6 heteroatoms. The Hall–Kier alpha value is -2.18. The van der Waals surface area contributed by atoms with E-state index in [1.165, 1.54) is 7.11 Å². The molecule has 2 aromatic rings. The number of aryl methyl sites for hydroxylation is 1. The summed E-state index contributed by atoms with van der Waals surface area (Å²) < 4.78 is 32.5. The quantitative estimate of drug-likeness (QED) is 0.831. The molecule has 0 radical (unpaired) electrons. The third-order valence-corrected chi connectivity index (χ3v) is 5.97. The van der Waals surface area contributed by atoms with E-state index in [4.69, 9.17) is 0 Å².